The maximum atomic E-state index is 5.62. The van der Waals surface area contributed by atoms with Crippen LogP contribution < -0.4 is 5.32 Å². The first kappa shape index (κ1) is 17.2. The third kappa shape index (κ3) is 7.66. The number of ether oxygens (including phenoxy) is 1. The van der Waals surface area contributed by atoms with E-state index >= 15 is 0 Å². The van der Waals surface area contributed by atoms with Gasteiger partial charge in [-0.25, -0.2) is 0 Å². The molecule has 0 spiro atoms. The summed E-state index contributed by atoms with van der Waals surface area (Å²) in [5.41, 5.74) is 1.39. The minimum atomic E-state index is 0.460. The molecule has 0 aliphatic heterocycles. The van der Waals surface area contributed by atoms with Gasteiger partial charge in [0.1, 0.15) is 0 Å². The first-order valence-corrected chi connectivity index (χ1v) is 7.95. The summed E-state index contributed by atoms with van der Waals surface area (Å²) in [5.74, 6) is 1.32. The smallest absolute Gasteiger partial charge is 0.0489 e. The lowest BCUT2D eigenvalue weighted by Gasteiger charge is -2.21. The van der Waals surface area contributed by atoms with Crippen molar-refractivity contribution in [3.8, 4) is 0 Å². The third-order valence-electron chi connectivity index (χ3n) is 3.22. The van der Waals surface area contributed by atoms with Crippen molar-refractivity contribution in [2.24, 2.45) is 11.8 Å². The van der Waals surface area contributed by atoms with Crippen LogP contribution in [0.1, 0.15) is 52.1 Å². The maximum Gasteiger partial charge on any atom is 0.0489 e. The molecule has 1 rings (SSSR count). The van der Waals surface area contributed by atoms with Crippen LogP contribution in [-0.4, -0.2) is 19.8 Å². The molecule has 1 N–H and O–H groups in total. The fraction of sp³-hybridized carbons (Fsp3) is 0.667. The average molecular weight is 277 g/mol. The summed E-state index contributed by atoms with van der Waals surface area (Å²) in [6.07, 6.45) is 2.25. The number of nitrogens with one attached hydrogen (secondary N) is 1. The van der Waals surface area contributed by atoms with E-state index in [1.807, 2.05) is 0 Å². The molecular weight excluding hydrogens is 246 g/mol. The summed E-state index contributed by atoms with van der Waals surface area (Å²) in [7, 11) is 0. The highest BCUT2D eigenvalue weighted by molar-refractivity contribution is 5.18. The van der Waals surface area contributed by atoms with Crippen molar-refractivity contribution in [1.82, 2.24) is 5.32 Å². The van der Waals surface area contributed by atoms with E-state index in [1.54, 1.807) is 0 Å². The van der Waals surface area contributed by atoms with Crippen LogP contribution in [0.5, 0.6) is 0 Å². The van der Waals surface area contributed by atoms with Crippen molar-refractivity contribution in [3.05, 3.63) is 35.9 Å². The van der Waals surface area contributed by atoms with Gasteiger partial charge in [0, 0.05) is 19.3 Å². The Morgan fingerprint density at radius 3 is 2.30 bits per heavy atom. The zero-order valence-electron chi connectivity index (χ0n) is 13.6. The molecule has 0 aliphatic carbocycles. The average Bonchev–Trinajstić information content (AvgIpc) is 2.41. The quantitative estimate of drug-likeness (QED) is 0.639. The van der Waals surface area contributed by atoms with Crippen molar-refractivity contribution >= 4 is 0 Å². The highest BCUT2D eigenvalue weighted by Crippen LogP contribution is 2.20. The predicted octanol–water partition coefficient (Wildman–Crippen LogP) is 4.43. The van der Waals surface area contributed by atoms with Crippen LogP contribution in [-0.2, 0) is 4.74 Å². The van der Waals surface area contributed by atoms with E-state index < -0.39 is 0 Å². The first-order valence-electron chi connectivity index (χ1n) is 7.95. The van der Waals surface area contributed by atoms with Crippen molar-refractivity contribution in [2.75, 3.05) is 19.8 Å². The van der Waals surface area contributed by atoms with E-state index in [9.17, 15) is 0 Å². The van der Waals surface area contributed by atoms with Crippen LogP contribution in [0.3, 0.4) is 0 Å². The molecule has 0 fully saturated rings. The van der Waals surface area contributed by atoms with Crippen molar-refractivity contribution in [2.45, 2.75) is 46.6 Å². The Labute approximate surface area is 124 Å². The molecule has 114 valence electrons. The summed E-state index contributed by atoms with van der Waals surface area (Å²) in [4.78, 5) is 0. The number of hydrogen-bond acceptors (Lipinski definition) is 2. The Kier molecular flexibility index (Phi) is 8.56. The Balaban J connectivity index is 2.31. The van der Waals surface area contributed by atoms with Crippen LogP contribution in [0.2, 0.25) is 0 Å². The highest BCUT2D eigenvalue weighted by Gasteiger charge is 2.11. The van der Waals surface area contributed by atoms with Crippen LogP contribution in [0.25, 0.3) is 0 Å². The normalized spacial score (nSPS) is 13.1. The highest BCUT2D eigenvalue weighted by atomic mass is 16.5. The summed E-state index contributed by atoms with van der Waals surface area (Å²) < 4.78 is 5.62. The predicted molar refractivity (Wildman–Crippen MR) is 86.9 cm³/mol. The van der Waals surface area contributed by atoms with Gasteiger partial charge in [-0.3, -0.25) is 0 Å². The van der Waals surface area contributed by atoms with Gasteiger partial charge in [-0.1, -0.05) is 58.0 Å². The molecule has 1 aromatic rings. The molecule has 0 aromatic heterocycles. The van der Waals surface area contributed by atoms with Gasteiger partial charge in [-0.15, -0.1) is 0 Å². The molecular formula is C18H31NO. The van der Waals surface area contributed by atoms with E-state index in [1.165, 1.54) is 12.0 Å². The van der Waals surface area contributed by atoms with E-state index in [0.717, 1.165) is 26.2 Å². The zero-order chi connectivity index (χ0) is 14.8. The monoisotopic (exact) mass is 277 g/mol. The molecule has 0 amide bonds. The fourth-order valence-corrected chi connectivity index (χ4v) is 2.26. The molecule has 1 atom stereocenters. The molecule has 1 aromatic carbocycles. The second kappa shape index (κ2) is 9.95. The number of hydrogen-bond donors (Lipinski definition) is 1. The maximum absolute atomic E-state index is 5.62. The van der Waals surface area contributed by atoms with Crippen LogP contribution in [0, 0.1) is 11.8 Å². The topological polar surface area (TPSA) is 21.3 Å². The van der Waals surface area contributed by atoms with Gasteiger partial charge in [-0.2, -0.15) is 0 Å². The van der Waals surface area contributed by atoms with Gasteiger partial charge in [0.15, 0.2) is 0 Å². The molecule has 0 saturated heterocycles. The lowest BCUT2D eigenvalue weighted by molar-refractivity contribution is 0.107. The number of rotatable bonds is 10. The molecule has 0 aliphatic rings. The molecule has 0 bridgehead atoms. The minimum Gasteiger partial charge on any atom is -0.381 e. The van der Waals surface area contributed by atoms with Crippen molar-refractivity contribution < 1.29 is 4.74 Å². The molecule has 2 heteroatoms. The van der Waals surface area contributed by atoms with Crippen molar-refractivity contribution in [1.29, 1.82) is 0 Å². The Bertz CT molecular complexity index is 335. The summed E-state index contributed by atoms with van der Waals surface area (Å²) >= 11 is 0. The standard InChI is InChI=1S/C18H31NO/c1-15(2)13-18(17-9-6-5-7-10-17)19-11-8-12-20-14-16(3)4/h5-7,9-10,15-16,18-19H,8,11-14H2,1-4H3. The molecule has 20 heavy (non-hydrogen) atoms. The van der Waals surface area contributed by atoms with Gasteiger partial charge >= 0.3 is 0 Å². The van der Waals surface area contributed by atoms with E-state index in [-0.39, 0.29) is 0 Å². The van der Waals surface area contributed by atoms with Crippen LogP contribution in [0.4, 0.5) is 0 Å². The number of benzene rings is 1. The Morgan fingerprint density at radius 1 is 1.00 bits per heavy atom. The third-order valence-corrected chi connectivity index (χ3v) is 3.22. The minimum absolute atomic E-state index is 0.460. The lowest BCUT2D eigenvalue weighted by atomic mass is 9.97. The van der Waals surface area contributed by atoms with Gasteiger partial charge < -0.3 is 10.1 Å². The van der Waals surface area contributed by atoms with Crippen LogP contribution in [0.15, 0.2) is 30.3 Å². The zero-order valence-corrected chi connectivity index (χ0v) is 13.6. The Morgan fingerprint density at radius 2 is 1.70 bits per heavy atom. The van der Waals surface area contributed by atoms with Crippen LogP contribution >= 0.6 is 0 Å². The summed E-state index contributed by atoms with van der Waals surface area (Å²) in [5, 5.41) is 3.68. The van der Waals surface area contributed by atoms with Crippen molar-refractivity contribution in [3.63, 3.8) is 0 Å². The largest absolute Gasteiger partial charge is 0.381 e. The summed E-state index contributed by atoms with van der Waals surface area (Å²) in [6.45, 7) is 11.7. The molecule has 2 nitrogen and oxygen atoms in total. The van der Waals surface area contributed by atoms with Gasteiger partial charge in [0.25, 0.3) is 0 Å². The van der Waals surface area contributed by atoms with Gasteiger partial charge in [0.05, 0.1) is 0 Å². The first-order chi connectivity index (χ1) is 9.59. The van der Waals surface area contributed by atoms with Gasteiger partial charge in [0.2, 0.25) is 0 Å². The fourth-order valence-electron chi connectivity index (χ4n) is 2.26. The second-order valence-corrected chi connectivity index (χ2v) is 6.37. The SMILES string of the molecule is CC(C)COCCCNC(CC(C)C)c1ccccc1. The summed E-state index contributed by atoms with van der Waals surface area (Å²) in [6, 6.07) is 11.2. The van der Waals surface area contributed by atoms with E-state index in [2.05, 4.69) is 63.3 Å². The second-order valence-electron chi connectivity index (χ2n) is 6.37. The van der Waals surface area contributed by atoms with E-state index in [4.69, 9.17) is 4.74 Å². The van der Waals surface area contributed by atoms with Gasteiger partial charge in [-0.05, 0) is 36.8 Å². The lowest BCUT2D eigenvalue weighted by Crippen LogP contribution is -2.24. The molecule has 0 radical (unpaired) electrons. The Hall–Kier alpha value is -0.860. The molecule has 0 saturated carbocycles. The molecule has 0 heterocycles. The van der Waals surface area contributed by atoms with E-state index in [0.29, 0.717) is 17.9 Å². The molecule has 1 unspecified atom stereocenters.